The zero-order valence-corrected chi connectivity index (χ0v) is 17.1. The lowest BCUT2D eigenvalue weighted by Gasteiger charge is -2.23. The minimum absolute atomic E-state index is 0.187. The molecule has 146 valence electrons. The fraction of sp³-hybridized carbons (Fsp3) is 0.409. The van der Waals surface area contributed by atoms with E-state index in [9.17, 15) is 4.79 Å². The fourth-order valence-electron chi connectivity index (χ4n) is 3.97. The molecule has 1 aliphatic rings. The Bertz CT molecular complexity index is 926. The maximum Gasteiger partial charge on any atom is 0.225 e. The van der Waals surface area contributed by atoms with Crippen molar-refractivity contribution in [3.63, 3.8) is 0 Å². The van der Waals surface area contributed by atoms with Crippen LogP contribution in [0.1, 0.15) is 24.8 Å². The van der Waals surface area contributed by atoms with Gasteiger partial charge in [-0.15, -0.1) is 11.3 Å². The Labute approximate surface area is 170 Å². The van der Waals surface area contributed by atoms with Crippen LogP contribution >= 0.6 is 11.3 Å². The van der Waals surface area contributed by atoms with Crippen LogP contribution in [0.25, 0.3) is 10.2 Å². The molecule has 28 heavy (non-hydrogen) atoms. The predicted octanol–water partition coefficient (Wildman–Crippen LogP) is 4.00. The van der Waals surface area contributed by atoms with E-state index < -0.39 is 0 Å². The van der Waals surface area contributed by atoms with E-state index in [0.717, 1.165) is 56.5 Å². The molecule has 3 heterocycles. The summed E-state index contributed by atoms with van der Waals surface area (Å²) in [5.74, 6) is 0.519. The molecule has 1 aliphatic heterocycles. The first-order valence-corrected chi connectivity index (χ1v) is 10.8. The van der Waals surface area contributed by atoms with Crippen molar-refractivity contribution in [2.24, 2.45) is 5.92 Å². The highest BCUT2D eigenvalue weighted by atomic mass is 32.1. The van der Waals surface area contributed by atoms with Crippen molar-refractivity contribution in [1.82, 2.24) is 14.9 Å². The highest BCUT2D eigenvalue weighted by molar-refractivity contribution is 7.16. The maximum absolute atomic E-state index is 12.8. The molecule has 0 spiro atoms. The van der Waals surface area contributed by atoms with Crippen LogP contribution in [0, 0.1) is 5.92 Å². The second-order valence-electron chi connectivity index (χ2n) is 7.45. The predicted molar refractivity (Wildman–Crippen MR) is 115 cm³/mol. The third kappa shape index (κ3) is 4.17. The number of hydrogen-bond donors (Lipinski definition) is 0. The summed E-state index contributed by atoms with van der Waals surface area (Å²) >= 11 is 1.71. The number of carbonyl (C=O) groups is 1. The van der Waals surface area contributed by atoms with Crippen molar-refractivity contribution < 1.29 is 4.79 Å². The number of nitrogens with zero attached hydrogens (tertiary/aromatic N) is 4. The number of aromatic nitrogens is 2. The highest BCUT2D eigenvalue weighted by Gasteiger charge is 2.30. The topological polar surface area (TPSA) is 49.3 Å². The molecule has 0 saturated carbocycles. The van der Waals surface area contributed by atoms with Gasteiger partial charge in [0.25, 0.3) is 0 Å². The molecule has 0 bridgehead atoms. The van der Waals surface area contributed by atoms with Crippen LogP contribution in [0.3, 0.4) is 0 Å². The third-order valence-corrected chi connectivity index (χ3v) is 6.57. The van der Waals surface area contributed by atoms with Crippen LogP contribution in [0.4, 0.5) is 5.69 Å². The summed E-state index contributed by atoms with van der Waals surface area (Å²) in [6.45, 7) is 2.52. The highest BCUT2D eigenvalue weighted by Crippen LogP contribution is 2.27. The molecule has 5 nitrogen and oxygen atoms in total. The van der Waals surface area contributed by atoms with Crippen LogP contribution in [0.15, 0.2) is 48.2 Å². The Hall–Kier alpha value is -2.47. The number of likely N-dealkylation sites (N-methyl/N-ethyl adjacent to an activating group) is 1. The van der Waals surface area contributed by atoms with Crippen molar-refractivity contribution >= 4 is 33.1 Å². The first-order valence-electron chi connectivity index (χ1n) is 9.93. The zero-order valence-electron chi connectivity index (χ0n) is 16.3. The Morgan fingerprint density at radius 3 is 2.96 bits per heavy atom. The molecule has 6 heteroatoms. The molecule has 0 unspecified atom stereocenters. The maximum atomic E-state index is 12.8. The van der Waals surface area contributed by atoms with Crippen molar-refractivity contribution in [3.05, 3.63) is 53.8 Å². The second-order valence-corrected chi connectivity index (χ2v) is 8.30. The van der Waals surface area contributed by atoms with Gasteiger partial charge in [-0.25, -0.2) is 4.98 Å². The SMILES string of the molecule is CN(CCN1CC[C@H](CCCc2cccc3ncsc23)C1=O)c1ccncc1. The molecule has 2 aromatic heterocycles. The molecule has 0 radical (unpaired) electrons. The van der Waals surface area contributed by atoms with Gasteiger partial charge in [0.2, 0.25) is 5.91 Å². The van der Waals surface area contributed by atoms with Gasteiger partial charge >= 0.3 is 0 Å². The number of thiazole rings is 1. The summed E-state index contributed by atoms with van der Waals surface area (Å²) in [6, 6.07) is 10.3. The summed E-state index contributed by atoms with van der Waals surface area (Å²) in [6.07, 6.45) is 7.64. The van der Waals surface area contributed by atoms with Gasteiger partial charge in [0.1, 0.15) is 0 Å². The van der Waals surface area contributed by atoms with Crippen LogP contribution < -0.4 is 4.90 Å². The number of rotatable bonds is 8. The number of aryl methyl sites for hydroxylation is 1. The van der Waals surface area contributed by atoms with Crippen molar-refractivity contribution in [3.8, 4) is 0 Å². The number of fused-ring (bicyclic) bond motifs is 1. The van der Waals surface area contributed by atoms with E-state index in [0.29, 0.717) is 5.91 Å². The summed E-state index contributed by atoms with van der Waals surface area (Å²) in [4.78, 5) is 25.4. The minimum atomic E-state index is 0.187. The minimum Gasteiger partial charge on any atom is -0.373 e. The van der Waals surface area contributed by atoms with Gasteiger partial charge < -0.3 is 9.80 Å². The summed E-state index contributed by atoms with van der Waals surface area (Å²) in [7, 11) is 2.06. The number of anilines is 1. The van der Waals surface area contributed by atoms with Crippen LogP contribution in [-0.2, 0) is 11.2 Å². The average molecular weight is 395 g/mol. The number of pyridine rings is 1. The Kier molecular flexibility index (Phi) is 5.86. The molecule has 0 N–H and O–H groups in total. The molecule has 1 fully saturated rings. The van der Waals surface area contributed by atoms with E-state index in [1.54, 1.807) is 23.7 Å². The molecular formula is C22H26N4OS. The van der Waals surface area contributed by atoms with Crippen molar-refractivity contribution in [2.75, 3.05) is 31.6 Å². The zero-order chi connectivity index (χ0) is 19.3. The van der Waals surface area contributed by atoms with E-state index in [-0.39, 0.29) is 5.92 Å². The lowest BCUT2D eigenvalue weighted by molar-refractivity contribution is -0.131. The summed E-state index contributed by atoms with van der Waals surface area (Å²) in [5.41, 5.74) is 5.50. The Morgan fingerprint density at radius 2 is 2.11 bits per heavy atom. The average Bonchev–Trinajstić information content (AvgIpc) is 3.34. The molecule has 4 rings (SSSR count). The van der Waals surface area contributed by atoms with Gasteiger partial charge in [-0.3, -0.25) is 9.78 Å². The second kappa shape index (κ2) is 8.69. The van der Waals surface area contributed by atoms with E-state index >= 15 is 0 Å². The Balaban J connectivity index is 1.25. The van der Waals surface area contributed by atoms with Gasteiger partial charge in [0, 0.05) is 50.7 Å². The van der Waals surface area contributed by atoms with E-state index in [4.69, 9.17) is 0 Å². The van der Waals surface area contributed by atoms with E-state index in [1.165, 1.54) is 10.3 Å². The van der Waals surface area contributed by atoms with Crippen molar-refractivity contribution in [1.29, 1.82) is 0 Å². The van der Waals surface area contributed by atoms with Gasteiger partial charge in [-0.2, -0.15) is 0 Å². The smallest absolute Gasteiger partial charge is 0.225 e. The lowest BCUT2D eigenvalue weighted by Crippen LogP contribution is -2.35. The van der Waals surface area contributed by atoms with Gasteiger partial charge in [-0.1, -0.05) is 12.1 Å². The van der Waals surface area contributed by atoms with Crippen molar-refractivity contribution in [2.45, 2.75) is 25.7 Å². The Morgan fingerprint density at radius 1 is 1.25 bits per heavy atom. The van der Waals surface area contributed by atoms with E-state index in [1.807, 2.05) is 22.5 Å². The summed E-state index contributed by atoms with van der Waals surface area (Å²) < 4.78 is 1.29. The lowest BCUT2D eigenvalue weighted by atomic mass is 9.98. The first kappa shape index (κ1) is 18.9. The number of amides is 1. The molecular weight excluding hydrogens is 368 g/mol. The molecule has 0 aliphatic carbocycles. The monoisotopic (exact) mass is 394 g/mol. The molecule has 3 aromatic rings. The fourth-order valence-corrected chi connectivity index (χ4v) is 4.81. The van der Waals surface area contributed by atoms with Crippen LogP contribution in [0.5, 0.6) is 0 Å². The van der Waals surface area contributed by atoms with Crippen LogP contribution in [-0.4, -0.2) is 47.5 Å². The number of benzene rings is 1. The quantitative estimate of drug-likeness (QED) is 0.579. The number of carbonyl (C=O) groups excluding carboxylic acids is 1. The first-order chi connectivity index (χ1) is 13.7. The third-order valence-electron chi connectivity index (χ3n) is 5.65. The normalized spacial score (nSPS) is 16.8. The van der Waals surface area contributed by atoms with Crippen LogP contribution in [0.2, 0.25) is 0 Å². The number of likely N-dealkylation sites (tertiary alicyclic amines) is 1. The summed E-state index contributed by atoms with van der Waals surface area (Å²) in [5, 5.41) is 0. The number of hydrogen-bond acceptors (Lipinski definition) is 5. The van der Waals surface area contributed by atoms with Gasteiger partial charge in [0.05, 0.1) is 15.7 Å². The van der Waals surface area contributed by atoms with Gasteiger partial charge in [-0.05, 0) is 49.4 Å². The molecule has 1 saturated heterocycles. The standard InChI is InChI=1S/C22H26N4OS/c1-25(19-8-11-23-12-9-19)14-15-26-13-10-18(22(26)27)6-2-4-17-5-3-7-20-21(17)28-16-24-20/h3,5,7-9,11-12,16,18H,2,4,6,10,13-15H2,1H3/t18-/m0/s1. The van der Waals surface area contributed by atoms with E-state index in [2.05, 4.69) is 40.1 Å². The molecule has 1 amide bonds. The van der Waals surface area contributed by atoms with Gasteiger partial charge in [0.15, 0.2) is 0 Å². The molecule has 1 atom stereocenters. The largest absolute Gasteiger partial charge is 0.373 e. The molecule has 1 aromatic carbocycles.